The van der Waals surface area contributed by atoms with Gasteiger partial charge in [-0.3, -0.25) is 9.10 Å². The monoisotopic (exact) mass is 474 g/mol. The van der Waals surface area contributed by atoms with Crippen LogP contribution in [-0.2, 0) is 14.8 Å². The Kier molecular flexibility index (Phi) is 7.81. The smallest absolute Gasteiger partial charge is 0.232 e. The normalized spacial score (nSPS) is 11.2. The van der Waals surface area contributed by atoms with Crippen molar-refractivity contribution >= 4 is 38.1 Å². The van der Waals surface area contributed by atoms with Crippen LogP contribution >= 0.6 is 11.3 Å². The molecule has 0 atom stereocenters. The lowest BCUT2D eigenvalue weighted by Crippen LogP contribution is -2.31. The van der Waals surface area contributed by atoms with E-state index in [4.69, 9.17) is 4.74 Å². The lowest BCUT2D eigenvalue weighted by molar-refractivity contribution is -0.116. The Bertz CT molecular complexity index is 1140. The molecule has 10 heteroatoms. The third-order valence-electron chi connectivity index (χ3n) is 4.57. The van der Waals surface area contributed by atoms with E-state index in [0.717, 1.165) is 22.4 Å². The van der Waals surface area contributed by atoms with Crippen LogP contribution in [0.3, 0.4) is 0 Å². The van der Waals surface area contributed by atoms with Crippen molar-refractivity contribution in [1.29, 1.82) is 0 Å². The first kappa shape index (κ1) is 23.7. The lowest BCUT2D eigenvalue weighted by atomic mass is 10.2. The highest BCUT2D eigenvalue weighted by molar-refractivity contribution is 7.92. The highest BCUT2D eigenvalue weighted by atomic mass is 32.2. The predicted octanol–water partition coefficient (Wildman–Crippen LogP) is 4.10. The molecule has 0 bridgehead atoms. The number of aryl methyl sites for hydroxylation is 1. The fourth-order valence-corrected chi connectivity index (χ4v) is 4.74. The van der Waals surface area contributed by atoms with E-state index in [1.165, 1.54) is 15.6 Å². The first-order valence-corrected chi connectivity index (χ1v) is 12.8. The second kappa shape index (κ2) is 10.6. The summed E-state index contributed by atoms with van der Waals surface area (Å²) >= 11 is 1.29. The first-order valence-electron chi connectivity index (χ1n) is 10.2. The van der Waals surface area contributed by atoms with Crippen LogP contribution in [0.5, 0.6) is 5.75 Å². The molecule has 2 aromatic carbocycles. The minimum atomic E-state index is -3.49. The molecule has 1 heterocycles. The average Bonchev–Trinajstić information content (AvgIpc) is 3.20. The lowest BCUT2D eigenvalue weighted by Gasteiger charge is -2.22. The number of amides is 1. The zero-order chi connectivity index (χ0) is 23.1. The molecule has 0 aliphatic heterocycles. The van der Waals surface area contributed by atoms with Gasteiger partial charge in [0.25, 0.3) is 0 Å². The summed E-state index contributed by atoms with van der Waals surface area (Å²) in [6.07, 6.45) is 1.66. The summed E-state index contributed by atoms with van der Waals surface area (Å²) in [5.41, 5.74) is 2.62. The number of hydrogen-bond acceptors (Lipinski definition) is 7. The molecule has 0 aliphatic rings. The second-order valence-electron chi connectivity index (χ2n) is 7.19. The third-order valence-corrected chi connectivity index (χ3v) is 6.65. The number of carbonyl (C=O) groups is 1. The molecule has 32 heavy (non-hydrogen) atoms. The van der Waals surface area contributed by atoms with Crippen molar-refractivity contribution in [2.24, 2.45) is 0 Å². The molecular weight excluding hydrogens is 448 g/mol. The van der Waals surface area contributed by atoms with E-state index in [0.29, 0.717) is 29.6 Å². The van der Waals surface area contributed by atoms with E-state index in [9.17, 15) is 13.2 Å². The molecule has 1 amide bonds. The van der Waals surface area contributed by atoms with Gasteiger partial charge in [-0.2, -0.15) is 0 Å². The molecule has 8 nitrogen and oxygen atoms in total. The van der Waals surface area contributed by atoms with Gasteiger partial charge in [-0.15, -0.1) is 10.2 Å². The van der Waals surface area contributed by atoms with Crippen LogP contribution in [0.25, 0.3) is 10.6 Å². The number of anilines is 2. The van der Waals surface area contributed by atoms with Crippen molar-refractivity contribution in [3.05, 3.63) is 54.1 Å². The minimum absolute atomic E-state index is 0.155. The number of benzene rings is 2. The number of rotatable bonds is 10. The van der Waals surface area contributed by atoms with Gasteiger partial charge in [-0.05, 0) is 44.5 Å². The van der Waals surface area contributed by atoms with Crippen molar-refractivity contribution in [3.8, 4) is 16.3 Å². The van der Waals surface area contributed by atoms with Gasteiger partial charge in [0.2, 0.25) is 21.1 Å². The number of sulfonamides is 1. The van der Waals surface area contributed by atoms with E-state index < -0.39 is 10.0 Å². The maximum atomic E-state index is 12.3. The molecular formula is C22H26N4O4S2. The Balaban J connectivity index is 1.56. The summed E-state index contributed by atoms with van der Waals surface area (Å²) in [6, 6.07) is 14.7. The van der Waals surface area contributed by atoms with Crippen molar-refractivity contribution in [2.45, 2.75) is 26.7 Å². The predicted molar refractivity (Wildman–Crippen MR) is 128 cm³/mol. The van der Waals surface area contributed by atoms with Crippen molar-refractivity contribution in [1.82, 2.24) is 10.2 Å². The number of nitrogens with one attached hydrogen (secondary N) is 1. The topological polar surface area (TPSA) is 101 Å². The van der Waals surface area contributed by atoms with Crippen LogP contribution in [0.1, 0.15) is 25.3 Å². The molecule has 3 rings (SSSR count). The molecule has 0 spiro atoms. The second-order valence-corrected chi connectivity index (χ2v) is 10.1. The van der Waals surface area contributed by atoms with Crippen molar-refractivity contribution in [2.75, 3.05) is 29.0 Å². The molecule has 0 unspecified atom stereocenters. The summed E-state index contributed by atoms with van der Waals surface area (Å²) in [6.45, 7) is 4.61. The number of nitrogens with zero attached hydrogens (tertiary/aromatic N) is 3. The van der Waals surface area contributed by atoms with E-state index in [2.05, 4.69) is 15.5 Å². The van der Waals surface area contributed by atoms with Gasteiger partial charge in [0.1, 0.15) is 10.8 Å². The van der Waals surface area contributed by atoms with E-state index in [1.54, 1.807) is 24.3 Å². The summed E-state index contributed by atoms with van der Waals surface area (Å²) in [7, 11) is -3.49. The summed E-state index contributed by atoms with van der Waals surface area (Å²) in [5, 5.41) is 12.0. The van der Waals surface area contributed by atoms with Gasteiger partial charge >= 0.3 is 0 Å². The molecule has 0 radical (unpaired) electrons. The van der Waals surface area contributed by atoms with Crippen LogP contribution in [0.2, 0.25) is 0 Å². The van der Waals surface area contributed by atoms with E-state index in [1.807, 2.05) is 38.1 Å². The Morgan fingerprint density at radius 1 is 1.09 bits per heavy atom. The molecule has 0 saturated heterocycles. The fourth-order valence-electron chi connectivity index (χ4n) is 3.01. The quantitative estimate of drug-likeness (QED) is 0.475. The van der Waals surface area contributed by atoms with Gasteiger partial charge in [0.05, 0.1) is 18.6 Å². The standard InChI is InChI=1S/C22H26N4O4S2/c1-4-30-19-13-11-18(12-14-19)26(32(3,28)29)15-5-6-20(27)23-22-25-24-21(31-22)17-9-7-16(2)8-10-17/h7-14H,4-6,15H2,1-3H3,(H,23,25,27). The Labute approximate surface area is 192 Å². The largest absolute Gasteiger partial charge is 0.494 e. The maximum absolute atomic E-state index is 12.3. The van der Waals surface area contributed by atoms with Crippen LogP contribution in [0.15, 0.2) is 48.5 Å². The van der Waals surface area contributed by atoms with Crippen LogP contribution < -0.4 is 14.4 Å². The SMILES string of the molecule is CCOc1ccc(N(CCCC(=O)Nc2nnc(-c3ccc(C)cc3)s2)S(C)(=O)=O)cc1. The van der Waals surface area contributed by atoms with Crippen LogP contribution in [0, 0.1) is 6.92 Å². The molecule has 1 N–H and O–H groups in total. The number of carbonyl (C=O) groups excluding carboxylic acids is 1. The molecule has 1 aromatic heterocycles. The number of hydrogen-bond donors (Lipinski definition) is 1. The fraction of sp³-hybridized carbons (Fsp3) is 0.318. The molecule has 0 aliphatic carbocycles. The summed E-state index contributed by atoms with van der Waals surface area (Å²) in [4.78, 5) is 12.3. The van der Waals surface area contributed by atoms with Gasteiger partial charge < -0.3 is 10.1 Å². The molecule has 0 fully saturated rings. The molecule has 170 valence electrons. The zero-order valence-electron chi connectivity index (χ0n) is 18.2. The van der Waals surface area contributed by atoms with Gasteiger partial charge in [-0.1, -0.05) is 41.2 Å². The third kappa shape index (κ3) is 6.51. The summed E-state index contributed by atoms with van der Waals surface area (Å²) < 4.78 is 31.2. The van der Waals surface area contributed by atoms with Gasteiger partial charge in [0, 0.05) is 18.5 Å². The Morgan fingerprint density at radius 3 is 2.41 bits per heavy atom. The van der Waals surface area contributed by atoms with Gasteiger partial charge in [-0.25, -0.2) is 8.42 Å². The summed E-state index contributed by atoms with van der Waals surface area (Å²) in [5.74, 6) is 0.433. The highest BCUT2D eigenvalue weighted by Crippen LogP contribution is 2.27. The zero-order valence-corrected chi connectivity index (χ0v) is 19.9. The van der Waals surface area contributed by atoms with Crippen molar-refractivity contribution in [3.63, 3.8) is 0 Å². The Morgan fingerprint density at radius 2 is 1.78 bits per heavy atom. The van der Waals surface area contributed by atoms with Crippen LogP contribution in [-0.4, -0.2) is 43.9 Å². The highest BCUT2D eigenvalue weighted by Gasteiger charge is 2.18. The van der Waals surface area contributed by atoms with Crippen molar-refractivity contribution < 1.29 is 17.9 Å². The molecule has 3 aromatic rings. The Hall–Kier alpha value is -2.98. The number of ether oxygens (including phenoxy) is 1. The van der Waals surface area contributed by atoms with E-state index in [-0.39, 0.29) is 18.9 Å². The average molecular weight is 475 g/mol. The minimum Gasteiger partial charge on any atom is -0.494 e. The number of aromatic nitrogens is 2. The molecule has 0 saturated carbocycles. The van der Waals surface area contributed by atoms with Crippen LogP contribution in [0.4, 0.5) is 10.8 Å². The first-order chi connectivity index (χ1) is 15.3. The maximum Gasteiger partial charge on any atom is 0.232 e. The van der Waals surface area contributed by atoms with Gasteiger partial charge in [0.15, 0.2) is 0 Å². The van der Waals surface area contributed by atoms with E-state index >= 15 is 0 Å².